The molecule has 5 heteroatoms. The fraction of sp³-hybridized carbons (Fsp3) is 0.526. The zero-order chi connectivity index (χ0) is 16.9. The van der Waals surface area contributed by atoms with Crippen molar-refractivity contribution in [1.82, 2.24) is 4.98 Å². The molecule has 4 N–H and O–H groups in total. The molecule has 0 unspecified atom stereocenters. The molecule has 0 amide bonds. The molecular weight excluding hydrogens is 302 g/mol. The number of para-hydroxylation sites is 1. The van der Waals surface area contributed by atoms with Gasteiger partial charge < -0.3 is 25.1 Å². The zero-order valence-corrected chi connectivity index (χ0v) is 14.4. The number of H-pyrrole nitrogens is 1. The average molecular weight is 328 g/mol. The first-order valence-electron chi connectivity index (χ1n) is 9.02. The van der Waals surface area contributed by atoms with Crippen LogP contribution in [-0.2, 0) is 16.8 Å². The Morgan fingerprint density at radius 2 is 2.04 bits per heavy atom. The number of carbonyl (C=O) groups is 1. The Morgan fingerprint density at radius 1 is 1.33 bits per heavy atom. The van der Waals surface area contributed by atoms with Crippen molar-refractivity contribution in [3.05, 3.63) is 35.5 Å². The number of fused-ring (bicyclic) bond motifs is 4. The quantitative estimate of drug-likeness (QED) is 0.640. The van der Waals surface area contributed by atoms with E-state index in [1.54, 1.807) is 4.90 Å². The van der Waals surface area contributed by atoms with Crippen LogP contribution in [0.15, 0.2) is 24.3 Å². The van der Waals surface area contributed by atoms with Crippen molar-refractivity contribution in [1.29, 1.82) is 0 Å². The van der Waals surface area contributed by atoms with Crippen molar-refractivity contribution in [3.63, 3.8) is 0 Å². The number of carboxylic acid groups (broad SMARTS) is 1. The fourth-order valence-corrected chi connectivity index (χ4v) is 4.75. The first-order valence-corrected chi connectivity index (χ1v) is 9.02. The molecular formula is C19H26N3O2+. The number of aliphatic carboxylic acids is 1. The van der Waals surface area contributed by atoms with Crippen LogP contribution in [0.2, 0.25) is 0 Å². The highest BCUT2D eigenvalue weighted by Crippen LogP contribution is 2.35. The highest BCUT2D eigenvalue weighted by Gasteiger charge is 2.49. The number of hydrogen-bond acceptors (Lipinski definition) is 2. The minimum Gasteiger partial charge on any atom is -0.544 e. The summed E-state index contributed by atoms with van der Waals surface area (Å²) in [5.41, 5.74) is 3.42. The van der Waals surface area contributed by atoms with E-state index in [0.29, 0.717) is 12.5 Å². The van der Waals surface area contributed by atoms with Crippen LogP contribution < -0.4 is 15.3 Å². The summed E-state index contributed by atoms with van der Waals surface area (Å²) in [6.07, 6.45) is 2.55. The molecule has 128 valence electrons. The standard InChI is InChI=1S/C19H25N3O2/c1-12(2)22-9-7-19(8-10-22)17-14(11-16(21-19)18(23)24)13-5-3-4-6-15(13)20-17/h3-6,12,16,20-21H,7-11H2,1-2H3,(H,23,24)/p+1/t16-/m0/s1. The van der Waals surface area contributed by atoms with Gasteiger partial charge in [0, 0.05) is 17.3 Å². The Hall–Kier alpha value is -1.85. The molecule has 1 fully saturated rings. The van der Waals surface area contributed by atoms with Gasteiger partial charge in [0.25, 0.3) is 0 Å². The van der Waals surface area contributed by atoms with Gasteiger partial charge in [-0.3, -0.25) is 0 Å². The number of hydrogen-bond donors (Lipinski definition) is 3. The van der Waals surface area contributed by atoms with Crippen molar-refractivity contribution < 1.29 is 20.1 Å². The summed E-state index contributed by atoms with van der Waals surface area (Å²) in [5.74, 6) is -0.941. The van der Waals surface area contributed by atoms with Crippen LogP contribution in [0.25, 0.3) is 10.9 Å². The second-order valence-electron chi connectivity index (χ2n) is 7.79. The van der Waals surface area contributed by atoms with E-state index in [4.69, 9.17) is 0 Å². The van der Waals surface area contributed by atoms with Crippen LogP contribution >= 0.6 is 0 Å². The van der Waals surface area contributed by atoms with E-state index in [1.807, 2.05) is 12.1 Å². The molecule has 2 aromatic rings. The molecule has 2 aliphatic heterocycles. The number of carboxylic acids is 1. The molecule has 1 aromatic heterocycles. The molecule has 5 nitrogen and oxygen atoms in total. The van der Waals surface area contributed by atoms with Gasteiger partial charge in [-0.15, -0.1) is 0 Å². The van der Waals surface area contributed by atoms with Gasteiger partial charge in [0.1, 0.15) is 11.6 Å². The summed E-state index contributed by atoms with van der Waals surface area (Å²) in [6, 6.07) is 8.38. The fourth-order valence-electron chi connectivity index (χ4n) is 4.75. The van der Waals surface area contributed by atoms with Gasteiger partial charge in [0.05, 0.1) is 43.6 Å². The number of rotatable bonds is 2. The summed E-state index contributed by atoms with van der Waals surface area (Å²) in [7, 11) is 0. The molecule has 1 saturated heterocycles. The Morgan fingerprint density at radius 3 is 2.71 bits per heavy atom. The lowest BCUT2D eigenvalue weighted by Crippen LogP contribution is -3.18. The van der Waals surface area contributed by atoms with E-state index in [-0.39, 0.29) is 5.54 Å². The molecule has 3 heterocycles. The normalized spacial score (nSPS) is 30.0. The van der Waals surface area contributed by atoms with Crippen LogP contribution in [0.3, 0.4) is 0 Å². The van der Waals surface area contributed by atoms with E-state index in [0.717, 1.165) is 31.4 Å². The summed E-state index contributed by atoms with van der Waals surface area (Å²) in [4.78, 5) is 16.9. The van der Waals surface area contributed by atoms with Gasteiger partial charge in [0.2, 0.25) is 0 Å². The number of quaternary nitrogens is 2. The van der Waals surface area contributed by atoms with Crippen LogP contribution in [0.1, 0.15) is 37.9 Å². The lowest BCUT2D eigenvalue weighted by Gasteiger charge is -2.43. The minimum atomic E-state index is -0.941. The molecule has 0 saturated carbocycles. The number of aromatic nitrogens is 1. The minimum absolute atomic E-state index is 0.143. The topological polar surface area (TPSA) is 77.0 Å². The number of benzene rings is 1. The third kappa shape index (κ3) is 2.34. The Labute approximate surface area is 142 Å². The molecule has 4 rings (SSSR count). The Bertz CT molecular complexity index is 772. The second kappa shape index (κ2) is 5.60. The summed E-state index contributed by atoms with van der Waals surface area (Å²) >= 11 is 0. The van der Waals surface area contributed by atoms with Crippen molar-refractivity contribution >= 4 is 16.9 Å². The predicted octanol–water partition coefficient (Wildman–Crippen LogP) is -1.31. The number of nitrogens with two attached hydrogens (primary N) is 1. The lowest BCUT2D eigenvalue weighted by molar-refractivity contribution is -0.939. The van der Waals surface area contributed by atoms with Gasteiger partial charge in [0.15, 0.2) is 0 Å². The predicted molar refractivity (Wildman–Crippen MR) is 89.5 cm³/mol. The molecule has 0 bridgehead atoms. The second-order valence-corrected chi connectivity index (χ2v) is 7.79. The molecule has 1 atom stereocenters. The maximum Gasteiger partial charge on any atom is 0.148 e. The van der Waals surface area contributed by atoms with Crippen LogP contribution in [0.4, 0.5) is 0 Å². The smallest absolute Gasteiger partial charge is 0.148 e. The third-order valence-electron chi connectivity index (χ3n) is 6.16. The summed E-state index contributed by atoms with van der Waals surface area (Å²) < 4.78 is 0. The molecule has 2 aliphatic rings. The van der Waals surface area contributed by atoms with Gasteiger partial charge in [-0.25, -0.2) is 0 Å². The van der Waals surface area contributed by atoms with Gasteiger partial charge in [-0.1, -0.05) is 18.2 Å². The van der Waals surface area contributed by atoms with Crippen molar-refractivity contribution in [2.24, 2.45) is 0 Å². The maximum atomic E-state index is 11.7. The van der Waals surface area contributed by atoms with Crippen LogP contribution in [0.5, 0.6) is 0 Å². The zero-order valence-electron chi connectivity index (χ0n) is 14.4. The van der Waals surface area contributed by atoms with Crippen molar-refractivity contribution in [2.75, 3.05) is 13.1 Å². The average Bonchev–Trinajstić information content (AvgIpc) is 2.95. The van der Waals surface area contributed by atoms with Gasteiger partial charge in [-0.2, -0.15) is 0 Å². The SMILES string of the molecule is CC(C)[NH+]1CCC2(CC1)[NH2+][C@H](C(=O)[O-])Cc1c2[nH]c2ccccc12. The van der Waals surface area contributed by atoms with Crippen molar-refractivity contribution in [3.8, 4) is 0 Å². The monoisotopic (exact) mass is 328 g/mol. The molecule has 1 aromatic carbocycles. The number of carbonyl (C=O) groups excluding carboxylic acids is 1. The Kier molecular flexibility index (Phi) is 3.66. The van der Waals surface area contributed by atoms with E-state index in [1.165, 1.54) is 16.6 Å². The van der Waals surface area contributed by atoms with E-state index in [2.05, 4.69) is 36.3 Å². The maximum absolute atomic E-state index is 11.7. The highest BCUT2D eigenvalue weighted by molar-refractivity contribution is 5.86. The van der Waals surface area contributed by atoms with Gasteiger partial charge in [-0.05, 0) is 25.5 Å². The summed E-state index contributed by atoms with van der Waals surface area (Å²) in [5, 5.41) is 14.9. The molecule has 0 radical (unpaired) electrons. The first-order chi connectivity index (χ1) is 11.5. The van der Waals surface area contributed by atoms with Gasteiger partial charge >= 0.3 is 0 Å². The Balaban J connectivity index is 1.79. The van der Waals surface area contributed by atoms with E-state index < -0.39 is 12.0 Å². The van der Waals surface area contributed by atoms with E-state index >= 15 is 0 Å². The number of nitrogens with one attached hydrogen (secondary N) is 2. The molecule has 1 spiro atoms. The number of piperidine rings is 1. The lowest BCUT2D eigenvalue weighted by atomic mass is 9.77. The van der Waals surface area contributed by atoms with Crippen LogP contribution in [-0.4, -0.2) is 36.1 Å². The molecule has 0 aliphatic carbocycles. The number of aromatic amines is 1. The van der Waals surface area contributed by atoms with Crippen molar-refractivity contribution in [2.45, 2.75) is 50.7 Å². The third-order valence-corrected chi connectivity index (χ3v) is 6.16. The largest absolute Gasteiger partial charge is 0.544 e. The number of likely N-dealkylation sites (tertiary alicyclic amines) is 1. The highest BCUT2D eigenvalue weighted by atomic mass is 16.4. The first kappa shape index (κ1) is 15.7. The van der Waals surface area contributed by atoms with Crippen LogP contribution in [0, 0.1) is 0 Å². The molecule has 24 heavy (non-hydrogen) atoms. The summed E-state index contributed by atoms with van der Waals surface area (Å²) in [6.45, 7) is 6.69. The van der Waals surface area contributed by atoms with E-state index in [9.17, 15) is 9.90 Å².